The monoisotopic (exact) mass is 398 g/mol. The molecule has 27 heavy (non-hydrogen) atoms. The van der Waals surface area contributed by atoms with Crippen molar-refractivity contribution >= 4 is 45.0 Å². The van der Waals surface area contributed by atoms with E-state index in [-0.39, 0.29) is 5.91 Å². The van der Waals surface area contributed by atoms with Crippen LogP contribution in [0.25, 0.3) is 21.3 Å². The molecule has 0 aliphatic carbocycles. The Labute approximate surface area is 167 Å². The van der Waals surface area contributed by atoms with Crippen LogP contribution in [-0.4, -0.2) is 35.2 Å². The minimum Gasteiger partial charge on any atom is -0.370 e. The number of hydrogen-bond acceptors (Lipinski definition) is 6. The van der Waals surface area contributed by atoms with Crippen LogP contribution in [0.4, 0.5) is 5.82 Å². The Balaban J connectivity index is 1.79. The average Bonchev–Trinajstić information content (AvgIpc) is 3.28. The number of nitrogens with two attached hydrogens (primary N) is 1. The van der Waals surface area contributed by atoms with Gasteiger partial charge in [0.25, 0.3) is 0 Å². The van der Waals surface area contributed by atoms with E-state index in [2.05, 4.69) is 40.8 Å². The molecule has 140 valence electrons. The smallest absolute Gasteiger partial charge is 0.217 e. The molecule has 0 radical (unpaired) electrons. The summed E-state index contributed by atoms with van der Waals surface area (Å²) in [7, 11) is 0. The minimum absolute atomic E-state index is 0.224. The third-order valence-corrected chi connectivity index (χ3v) is 6.31. The Hall–Kier alpha value is -2.12. The highest BCUT2D eigenvalue weighted by molar-refractivity contribution is 7.97. The predicted octanol–water partition coefficient (Wildman–Crippen LogP) is 3.92. The van der Waals surface area contributed by atoms with Gasteiger partial charge in [-0.2, -0.15) is 11.8 Å². The molecule has 1 saturated heterocycles. The van der Waals surface area contributed by atoms with Gasteiger partial charge in [0, 0.05) is 30.5 Å². The number of fused-ring (bicyclic) bond motifs is 1. The number of benzene rings is 1. The third kappa shape index (κ3) is 3.80. The summed E-state index contributed by atoms with van der Waals surface area (Å²) in [5.74, 6) is 2.73. The van der Waals surface area contributed by atoms with Crippen LogP contribution in [0.3, 0.4) is 0 Å². The molecule has 7 heteroatoms. The molecule has 0 saturated carbocycles. The van der Waals surface area contributed by atoms with Gasteiger partial charge in [-0.25, -0.2) is 9.97 Å². The van der Waals surface area contributed by atoms with Crippen molar-refractivity contribution in [2.24, 2.45) is 11.7 Å². The number of carbonyl (C=O) groups is 1. The van der Waals surface area contributed by atoms with E-state index in [0.717, 1.165) is 47.1 Å². The summed E-state index contributed by atoms with van der Waals surface area (Å²) >= 11 is 3.40. The first-order valence-corrected chi connectivity index (χ1v) is 11.3. The molecule has 3 aromatic rings. The number of hydrogen-bond donors (Lipinski definition) is 1. The Morgan fingerprint density at radius 3 is 2.89 bits per heavy atom. The quantitative estimate of drug-likeness (QED) is 0.681. The molecular weight excluding hydrogens is 376 g/mol. The van der Waals surface area contributed by atoms with Gasteiger partial charge in [0.05, 0.1) is 11.1 Å². The second-order valence-corrected chi connectivity index (χ2v) is 8.59. The normalized spacial score (nSPS) is 16.9. The van der Waals surface area contributed by atoms with Crippen LogP contribution < -0.4 is 10.6 Å². The highest BCUT2D eigenvalue weighted by atomic mass is 32.2. The molecule has 1 aromatic carbocycles. The summed E-state index contributed by atoms with van der Waals surface area (Å²) in [6.07, 6.45) is 3.48. The van der Waals surface area contributed by atoms with E-state index in [1.165, 1.54) is 11.1 Å². The van der Waals surface area contributed by atoms with Crippen molar-refractivity contribution in [3.8, 4) is 11.1 Å². The predicted molar refractivity (Wildman–Crippen MR) is 114 cm³/mol. The standard InChI is InChI=1S/C20H22N4OS2/c1-26-12-17-22-19(24-8-7-13(10-24)9-16(21)25)18-15(11-27-20(18)23-17)14-5-3-2-4-6-14/h2-6,11,13H,7-10,12H2,1H3,(H2,21,25). The van der Waals surface area contributed by atoms with Crippen molar-refractivity contribution in [2.45, 2.75) is 18.6 Å². The number of anilines is 1. The molecule has 3 heterocycles. The number of aromatic nitrogens is 2. The van der Waals surface area contributed by atoms with Gasteiger partial charge >= 0.3 is 0 Å². The Morgan fingerprint density at radius 1 is 1.33 bits per heavy atom. The molecule has 2 aromatic heterocycles. The van der Waals surface area contributed by atoms with E-state index in [9.17, 15) is 4.79 Å². The van der Waals surface area contributed by atoms with Gasteiger partial charge in [0.15, 0.2) is 0 Å². The maximum atomic E-state index is 11.3. The Bertz CT molecular complexity index is 957. The van der Waals surface area contributed by atoms with Crippen LogP contribution in [0.2, 0.25) is 0 Å². The number of nitrogens with zero attached hydrogens (tertiary/aromatic N) is 3. The molecule has 0 bridgehead atoms. The second kappa shape index (κ2) is 7.86. The molecule has 0 spiro atoms. The number of thioether (sulfide) groups is 1. The first kappa shape index (κ1) is 18.3. The van der Waals surface area contributed by atoms with Crippen molar-refractivity contribution in [2.75, 3.05) is 24.2 Å². The summed E-state index contributed by atoms with van der Waals surface area (Å²) in [5.41, 5.74) is 7.77. The van der Waals surface area contributed by atoms with Crippen molar-refractivity contribution < 1.29 is 4.79 Å². The van der Waals surface area contributed by atoms with E-state index >= 15 is 0 Å². The van der Waals surface area contributed by atoms with Gasteiger partial charge in [-0.05, 0) is 24.2 Å². The van der Waals surface area contributed by atoms with Crippen molar-refractivity contribution in [1.29, 1.82) is 0 Å². The molecule has 1 atom stereocenters. The lowest BCUT2D eigenvalue weighted by molar-refractivity contribution is -0.118. The maximum Gasteiger partial charge on any atom is 0.217 e. The zero-order chi connectivity index (χ0) is 18.8. The summed E-state index contributed by atoms with van der Waals surface area (Å²) in [6, 6.07) is 10.4. The minimum atomic E-state index is -0.224. The number of amides is 1. The zero-order valence-corrected chi connectivity index (χ0v) is 16.9. The van der Waals surface area contributed by atoms with Crippen LogP contribution in [-0.2, 0) is 10.5 Å². The number of thiophene rings is 1. The summed E-state index contributed by atoms with van der Waals surface area (Å²) < 4.78 is 0. The van der Waals surface area contributed by atoms with Crippen LogP contribution in [0, 0.1) is 5.92 Å². The largest absolute Gasteiger partial charge is 0.370 e. The highest BCUT2D eigenvalue weighted by Crippen LogP contribution is 2.40. The summed E-state index contributed by atoms with van der Waals surface area (Å²) in [5, 5.41) is 3.30. The van der Waals surface area contributed by atoms with Crippen molar-refractivity contribution in [1.82, 2.24) is 9.97 Å². The third-order valence-electron chi connectivity index (χ3n) is 4.89. The molecular formula is C20H22N4OS2. The van der Waals surface area contributed by atoms with Crippen LogP contribution in [0.15, 0.2) is 35.7 Å². The topological polar surface area (TPSA) is 72.1 Å². The average molecular weight is 399 g/mol. The number of carbonyl (C=O) groups excluding carboxylic acids is 1. The van der Waals surface area contributed by atoms with E-state index in [0.29, 0.717) is 12.3 Å². The first-order valence-electron chi connectivity index (χ1n) is 9.01. The lowest BCUT2D eigenvalue weighted by atomic mass is 10.0. The Kier molecular flexibility index (Phi) is 5.31. The van der Waals surface area contributed by atoms with Crippen molar-refractivity contribution in [3.63, 3.8) is 0 Å². The van der Waals surface area contributed by atoms with Gasteiger partial charge in [0.1, 0.15) is 16.5 Å². The number of rotatable bonds is 6. The fourth-order valence-electron chi connectivity index (χ4n) is 3.70. The lowest BCUT2D eigenvalue weighted by Crippen LogP contribution is -2.23. The second-order valence-electron chi connectivity index (χ2n) is 6.86. The van der Waals surface area contributed by atoms with Gasteiger partial charge in [-0.1, -0.05) is 30.3 Å². The fraction of sp³-hybridized carbons (Fsp3) is 0.350. The van der Waals surface area contributed by atoms with Crippen LogP contribution in [0.5, 0.6) is 0 Å². The van der Waals surface area contributed by atoms with Crippen LogP contribution in [0.1, 0.15) is 18.7 Å². The Morgan fingerprint density at radius 2 is 2.15 bits per heavy atom. The zero-order valence-electron chi connectivity index (χ0n) is 15.2. The van der Waals surface area contributed by atoms with Crippen LogP contribution >= 0.6 is 23.1 Å². The van der Waals surface area contributed by atoms with Gasteiger partial charge in [-0.15, -0.1) is 11.3 Å². The van der Waals surface area contributed by atoms with E-state index in [1.54, 1.807) is 23.1 Å². The van der Waals surface area contributed by atoms with Gasteiger partial charge in [0.2, 0.25) is 5.91 Å². The summed E-state index contributed by atoms with van der Waals surface area (Å²) in [4.78, 5) is 24.4. The molecule has 4 rings (SSSR count). The molecule has 1 fully saturated rings. The maximum absolute atomic E-state index is 11.3. The van der Waals surface area contributed by atoms with E-state index in [4.69, 9.17) is 15.7 Å². The van der Waals surface area contributed by atoms with Gasteiger partial charge in [-0.3, -0.25) is 4.79 Å². The molecule has 5 nitrogen and oxygen atoms in total. The van der Waals surface area contributed by atoms with Gasteiger partial charge < -0.3 is 10.6 Å². The van der Waals surface area contributed by atoms with E-state index in [1.807, 2.05) is 6.07 Å². The molecule has 1 aliphatic rings. The molecule has 1 aliphatic heterocycles. The van der Waals surface area contributed by atoms with Crippen molar-refractivity contribution in [3.05, 3.63) is 41.5 Å². The SMILES string of the molecule is CSCc1nc(N2CCC(CC(N)=O)C2)c2c(-c3ccccc3)csc2n1. The molecule has 1 unspecified atom stereocenters. The fourth-order valence-corrected chi connectivity index (χ4v) is 5.04. The van der Waals surface area contributed by atoms with E-state index < -0.39 is 0 Å². The first-order chi connectivity index (χ1) is 13.2. The highest BCUT2D eigenvalue weighted by Gasteiger charge is 2.28. The number of primary amides is 1. The summed E-state index contributed by atoms with van der Waals surface area (Å²) in [6.45, 7) is 1.71. The molecule has 2 N–H and O–H groups in total. The lowest BCUT2D eigenvalue weighted by Gasteiger charge is -2.20. The molecule has 1 amide bonds.